The molecule has 0 radical (unpaired) electrons. The molecule has 1 saturated heterocycles. The van der Waals surface area contributed by atoms with Crippen molar-refractivity contribution >= 4 is 0 Å². The lowest BCUT2D eigenvalue weighted by Crippen LogP contribution is -2.52. The Kier molecular flexibility index (Phi) is 6.03. The fourth-order valence-corrected chi connectivity index (χ4v) is 3.08. The number of piperazine rings is 1. The molecule has 0 aromatic heterocycles. The van der Waals surface area contributed by atoms with Crippen LogP contribution in [0.2, 0.25) is 0 Å². The largest absolute Gasteiger partial charge is 0.494 e. The number of likely N-dealkylation sites (N-methyl/N-ethyl adjacent to an activating group) is 2. The van der Waals surface area contributed by atoms with Gasteiger partial charge < -0.3 is 15.0 Å². The number of nitrogens with one attached hydrogen (secondary N) is 1. The van der Waals surface area contributed by atoms with Crippen molar-refractivity contribution in [2.24, 2.45) is 0 Å². The minimum atomic E-state index is 0.304. The topological polar surface area (TPSA) is 27.7 Å². The first-order valence-corrected chi connectivity index (χ1v) is 7.97. The Hall–Kier alpha value is -1.10. The lowest BCUT2D eigenvalue weighted by atomic mass is 10.0. The zero-order chi connectivity index (χ0) is 15.2. The summed E-state index contributed by atoms with van der Waals surface area (Å²) < 4.78 is 5.79. The van der Waals surface area contributed by atoms with Crippen LogP contribution in [-0.4, -0.2) is 62.7 Å². The average Bonchev–Trinajstić information content (AvgIpc) is 2.48. The van der Waals surface area contributed by atoms with E-state index in [1.54, 1.807) is 0 Å². The summed E-state index contributed by atoms with van der Waals surface area (Å²) in [6, 6.07) is 9.27. The van der Waals surface area contributed by atoms with Crippen molar-refractivity contribution in [3.63, 3.8) is 0 Å². The molecule has 21 heavy (non-hydrogen) atoms. The lowest BCUT2D eigenvalue weighted by molar-refractivity contribution is 0.0909. The Morgan fingerprint density at radius 2 is 2.10 bits per heavy atom. The second-order valence-corrected chi connectivity index (χ2v) is 5.92. The van der Waals surface area contributed by atoms with Crippen LogP contribution in [0.4, 0.5) is 0 Å². The highest BCUT2D eigenvalue weighted by molar-refractivity contribution is 5.36. The van der Waals surface area contributed by atoms with Crippen molar-refractivity contribution in [2.45, 2.75) is 25.9 Å². The van der Waals surface area contributed by atoms with E-state index in [1.807, 2.05) is 20.0 Å². The van der Waals surface area contributed by atoms with Crippen molar-refractivity contribution in [1.82, 2.24) is 15.1 Å². The number of para-hydroxylation sites is 1. The van der Waals surface area contributed by atoms with Crippen LogP contribution in [0.1, 0.15) is 25.5 Å². The van der Waals surface area contributed by atoms with Crippen LogP contribution in [0.3, 0.4) is 0 Å². The van der Waals surface area contributed by atoms with E-state index in [0.717, 1.165) is 31.9 Å². The van der Waals surface area contributed by atoms with Gasteiger partial charge in [-0.05, 0) is 34.0 Å². The van der Waals surface area contributed by atoms with Crippen molar-refractivity contribution in [3.05, 3.63) is 29.8 Å². The summed E-state index contributed by atoms with van der Waals surface area (Å²) in [6.45, 7) is 9.50. The monoisotopic (exact) mass is 291 g/mol. The van der Waals surface area contributed by atoms with Gasteiger partial charge in [0.1, 0.15) is 5.75 Å². The molecule has 2 unspecified atom stereocenters. The molecule has 2 atom stereocenters. The second-order valence-electron chi connectivity index (χ2n) is 5.92. The molecule has 1 heterocycles. The number of rotatable bonds is 6. The molecule has 0 bridgehead atoms. The Bertz CT molecular complexity index is 438. The zero-order valence-corrected chi connectivity index (χ0v) is 13.8. The molecule has 4 nitrogen and oxygen atoms in total. The van der Waals surface area contributed by atoms with Gasteiger partial charge in [-0.1, -0.05) is 18.2 Å². The third kappa shape index (κ3) is 4.19. The van der Waals surface area contributed by atoms with Crippen LogP contribution in [-0.2, 0) is 0 Å². The van der Waals surface area contributed by atoms with E-state index in [0.29, 0.717) is 18.7 Å². The van der Waals surface area contributed by atoms with Crippen molar-refractivity contribution in [1.29, 1.82) is 0 Å². The van der Waals surface area contributed by atoms with Gasteiger partial charge in [-0.25, -0.2) is 0 Å². The highest BCUT2D eigenvalue weighted by atomic mass is 16.5. The highest BCUT2D eigenvalue weighted by Gasteiger charge is 2.25. The van der Waals surface area contributed by atoms with Gasteiger partial charge in [0.05, 0.1) is 6.61 Å². The lowest BCUT2D eigenvalue weighted by Gasteiger charge is -2.40. The number of benzene rings is 1. The van der Waals surface area contributed by atoms with Crippen LogP contribution >= 0.6 is 0 Å². The predicted molar refractivity (Wildman–Crippen MR) is 87.9 cm³/mol. The van der Waals surface area contributed by atoms with Crippen molar-refractivity contribution < 1.29 is 4.74 Å². The molecule has 0 amide bonds. The maximum Gasteiger partial charge on any atom is 0.124 e. The Balaban J connectivity index is 2.09. The van der Waals surface area contributed by atoms with Crippen molar-refractivity contribution in [3.8, 4) is 5.75 Å². The molecule has 1 aliphatic rings. The average molecular weight is 291 g/mol. The molecule has 0 saturated carbocycles. The molecule has 4 heteroatoms. The Labute approximate surface area is 129 Å². The van der Waals surface area contributed by atoms with E-state index >= 15 is 0 Å². The predicted octanol–water partition coefficient (Wildman–Crippen LogP) is 1.98. The number of hydrogen-bond donors (Lipinski definition) is 1. The standard InChI is InChI=1S/C17H29N3O/c1-5-21-17-9-7-6-8-15(17)16(18-3)13-20-11-10-19(4)12-14(20)2/h6-9,14,16,18H,5,10-13H2,1-4H3. The second kappa shape index (κ2) is 7.78. The summed E-state index contributed by atoms with van der Waals surface area (Å²) in [5, 5.41) is 3.46. The molecule has 1 aromatic carbocycles. The van der Waals surface area contributed by atoms with E-state index in [4.69, 9.17) is 4.74 Å². The molecule has 118 valence electrons. The third-order valence-electron chi connectivity index (χ3n) is 4.33. The van der Waals surface area contributed by atoms with Crippen LogP contribution in [0.25, 0.3) is 0 Å². The molecule has 0 spiro atoms. The van der Waals surface area contributed by atoms with E-state index in [-0.39, 0.29) is 0 Å². The van der Waals surface area contributed by atoms with Gasteiger partial charge in [-0.3, -0.25) is 4.90 Å². The van der Waals surface area contributed by atoms with Crippen LogP contribution < -0.4 is 10.1 Å². The minimum absolute atomic E-state index is 0.304. The molecular formula is C17H29N3O. The van der Waals surface area contributed by atoms with Crippen LogP contribution in [0.5, 0.6) is 5.75 Å². The maximum atomic E-state index is 5.79. The summed E-state index contributed by atoms with van der Waals surface area (Å²) in [7, 11) is 4.24. The van der Waals surface area contributed by atoms with Gasteiger partial charge in [0.2, 0.25) is 0 Å². The Morgan fingerprint density at radius 1 is 1.33 bits per heavy atom. The molecular weight excluding hydrogens is 262 g/mol. The smallest absolute Gasteiger partial charge is 0.124 e. The number of nitrogens with zero attached hydrogens (tertiary/aromatic N) is 2. The third-order valence-corrected chi connectivity index (χ3v) is 4.33. The first kappa shape index (κ1) is 16.3. The van der Waals surface area contributed by atoms with Gasteiger partial charge in [0.25, 0.3) is 0 Å². The zero-order valence-electron chi connectivity index (χ0n) is 13.8. The van der Waals surface area contributed by atoms with E-state index in [1.165, 1.54) is 5.56 Å². The van der Waals surface area contributed by atoms with E-state index in [2.05, 4.69) is 47.3 Å². The van der Waals surface area contributed by atoms with Gasteiger partial charge in [0.15, 0.2) is 0 Å². The quantitative estimate of drug-likeness (QED) is 0.867. The summed E-state index contributed by atoms with van der Waals surface area (Å²) in [4.78, 5) is 4.98. The van der Waals surface area contributed by atoms with E-state index in [9.17, 15) is 0 Å². The van der Waals surface area contributed by atoms with Crippen LogP contribution in [0.15, 0.2) is 24.3 Å². The van der Waals surface area contributed by atoms with Gasteiger partial charge in [0, 0.05) is 43.8 Å². The van der Waals surface area contributed by atoms with E-state index < -0.39 is 0 Å². The highest BCUT2D eigenvalue weighted by Crippen LogP contribution is 2.26. The molecule has 1 aliphatic heterocycles. The fraction of sp³-hybridized carbons (Fsp3) is 0.647. The molecule has 1 fully saturated rings. The van der Waals surface area contributed by atoms with Crippen LogP contribution in [0, 0.1) is 0 Å². The minimum Gasteiger partial charge on any atom is -0.494 e. The molecule has 2 rings (SSSR count). The first-order chi connectivity index (χ1) is 10.2. The first-order valence-electron chi connectivity index (χ1n) is 7.97. The van der Waals surface area contributed by atoms with Gasteiger partial charge in [-0.15, -0.1) is 0 Å². The summed E-state index contributed by atoms with van der Waals surface area (Å²) in [5.41, 5.74) is 1.26. The molecule has 0 aliphatic carbocycles. The normalized spacial score (nSPS) is 22.2. The summed E-state index contributed by atoms with van der Waals surface area (Å²) >= 11 is 0. The molecule has 1 aromatic rings. The fourth-order valence-electron chi connectivity index (χ4n) is 3.08. The van der Waals surface area contributed by atoms with Gasteiger partial charge in [-0.2, -0.15) is 0 Å². The SMILES string of the molecule is CCOc1ccccc1C(CN1CCN(C)CC1C)NC. The summed E-state index contributed by atoms with van der Waals surface area (Å²) in [5.74, 6) is 1.00. The Morgan fingerprint density at radius 3 is 2.76 bits per heavy atom. The van der Waals surface area contributed by atoms with Crippen molar-refractivity contribution in [2.75, 3.05) is 46.9 Å². The molecule has 1 N–H and O–H groups in total. The summed E-state index contributed by atoms with van der Waals surface area (Å²) in [6.07, 6.45) is 0. The number of ether oxygens (including phenoxy) is 1. The number of hydrogen-bond acceptors (Lipinski definition) is 4. The maximum absolute atomic E-state index is 5.79. The van der Waals surface area contributed by atoms with Gasteiger partial charge >= 0.3 is 0 Å².